The summed E-state index contributed by atoms with van der Waals surface area (Å²) in [6, 6.07) is 20.1. The third-order valence-corrected chi connectivity index (χ3v) is 4.97. The van der Waals surface area contributed by atoms with Crippen LogP contribution in [0.4, 0.5) is 0 Å². The van der Waals surface area contributed by atoms with Gasteiger partial charge in [-0.25, -0.2) is 0 Å². The normalized spacial score (nSPS) is 14.5. The molecule has 0 saturated heterocycles. The lowest BCUT2D eigenvalue weighted by molar-refractivity contribution is -0.143. The van der Waals surface area contributed by atoms with Crippen molar-refractivity contribution in [1.29, 1.82) is 0 Å². The summed E-state index contributed by atoms with van der Waals surface area (Å²) in [5.74, 6) is -0.183. The molecule has 0 spiro atoms. The van der Waals surface area contributed by atoms with E-state index in [0.717, 1.165) is 18.4 Å². The van der Waals surface area contributed by atoms with Gasteiger partial charge in [0.25, 0.3) is 0 Å². The molecule has 0 aliphatic heterocycles. The van der Waals surface area contributed by atoms with Crippen molar-refractivity contribution < 1.29 is 9.59 Å². The molecule has 0 atom stereocenters. The second-order valence-corrected chi connectivity index (χ2v) is 7.07. The zero-order valence-electron chi connectivity index (χ0n) is 15.3. The molecule has 4 nitrogen and oxygen atoms in total. The Bertz CT molecular complexity index is 739. The van der Waals surface area contributed by atoms with Crippen LogP contribution in [0.25, 0.3) is 0 Å². The summed E-state index contributed by atoms with van der Waals surface area (Å²) in [5, 5.41) is 2.97. The summed E-state index contributed by atoms with van der Waals surface area (Å²) in [4.78, 5) is 27.0. The van der Waals surface area contributed by atoms with E-state index in [0.29, 0.717) is 25.9 Å². The first-order valence-corrected chi connectivity index (χ1v) is 9.23. The minimum atomic E-state index is -0.837. The zero-order chi connectivity index (χ0) is 18.4. The molecule has 2 aromatic carbocycles. The summed E-state index contributed by atoms with van der Waals surface area (Å²) in [6.45, 7) is 1.13. The van der Waals surface area contributed by atoms with Crippen LogP contribution in [0.1, 0.15) is 30.4 Å². The van der Waals surface area contributed by atoms with Crippen LogP contribution in [-0.2, 0) is 22.6 Å². The highest BCUT2D eigenvalue weighted by Crippen LogP contribution is 2.47. The molecule has 136 valence electrons. The lowest BCUT2D eigenvalue weighted by Gasteiger charge is -2.23. The Hall–Kier alpha value is -2.62. The topological polar surface area (TPSA) is 49.4 Å². The van der Waals surface area contributed by atoms with Gasteiger partial charge in [-0.2, -0.15) is 0 Å². The maximum atomic E-state index is 12.8. The second-order valence-electron chi connectivity index (χ2n) is 7.07. The van der Waals surface area contributed by atoms with Crippen molar-refractivity contribution in [2.75, 3.05) is 13.6 Å². The molecule has 26 heavy (non-hydrogen) atoms. The van der Waals surface area contributed by atoms with E-state index in [1.807, 2.05) is 48.5 Å². The SMILES string of the molecule is CN(Cc1ccccc1)C(=O)C1(C(=O)NCCCc2ccccc2)CC1. The van der Waals surface area contributed by atoms with E-state index in [1.165, 1.54) is 5.56 Å². The van der Waals surface area contributed by atoms with Crippen LogP contribution in [0.5, 0.6) is 0 Å². The lowest BCUT2D eigenvalue weighted by Crippen LogP contribution is -2.43. The Labute approximate surface area is 155 Å². The highest BCUT2D eigenvalue weighted by molar-refractivity contribution is 6.07. The Balaban J connectivity index is 1.47. The molecule has 2 amide bonds. The van der Waals surface area contributed by atoms with Gasteiger partial charge >= 0.3 is 0 Å². The van der Waals surface area contributed by atoms with Crippen molar-refractivity contribution in [2.45, 2.75) is 32.2 Å². The number of carbonyl (C=O) groups is 2. The van der Waals surface area contributed by atoms with Crippen molar-refractivity contribution in [3.05, 3.63) is 71.8 Å². The van der Waals surface area contributed by atoms with Crippen molar-refractivity contribution in [3.8, 4) is 0 Å². The Morgan fingerprint density at radius 1 is 0.962 bits per heavy atom. The predicted molar refractivity (Wildman–Crippen MR) is 102 cm³/mol. The molecule has 1 N–H and O–H groups in total. The van der Waals surface area contributed by atoms with Crippen LogP contribution in [0, 0.1) is 5.41 Å². The van der Waals surface area contributed by atoms with Crippen molar-refractivity contribution >= 4 is 11.8 Å². The van der Waals surface area contributed by atoms with Crippen LogP contribution in [0.3, 0.4) is 0 Å². The minimum absolute atomic E-state index is 0.0677. The van der Waals surface area contributed by atoms with E-state index >= 15 is 0 Å². The predicted octanol–water partition coefficient (Wildman–Crippen LogP) is 3.17. The van der Waals surface area contributed by atoms with Crippen LogP contribution in [0.2, 0.25) is 0 Å². The molecule has 0 aromatic heterocycles. The van der Waals surface area contributed by atoms with Crippen molar-refractivity contribution in [3.63, 3.8) is 0 Å². The summed E-state index contributed by atoms with van der Waals surface area (Å²) in [7, 11) is 1.78. The number of hydrogen-bond acceptors (Lipinski definition) is 2. The molecule has 2 aromatic rings. The van der Waals surface area contributed by atoms with Crippen LogP contribution >= 0.6 is 0 Å². The van der Waals surface area contributed by atoms with Crippen molar-refractivity contribution in [2.24, 2.45) is 5.41 Å². The minimum Gasteiger partial charge on any atom is -0.355 e. The second kappa shape index (κ2) is 8.17. The number of carbonyl (C=O) groups excluding carboxylic acids is 2. The fourth-order valence-corrected chi connectivity index (χ4v) is 3.27. The van der Waals surface area contributed by atoms with Gasteiger partial charge in [-0.15, -0.1) is 0 Å². The summed E-state index contributed by atoms with van der Waals surface area (Å²) >= 11 is 0. The molecule has 4 heteroatoms. The summed E-state index contributed by atoms with van der Waals surface area (Å²) in [5.41, 5.74) is 1.50. The fourth-order valence-electron chi connectivity index (χ4n) is 3.27. The van der Waals surface area contributed by atoms with Crippen LogP contribution < -0.4 is 5.32 Å². The Kier molecular flexibility index (Phi) is 5.71. The molecule has 0 heterocycles. The molecule has 0 bridgehead atoms. The van der Waals surface area contributed by atoms with Gasteiger partial charge in [0.05, 0.1) is 0 Å². The van der Waals surface area contributed by atoms with Crippen LogP contribution in [-0.4, -0.2) is 30.3 Å². The number of benzene rings is 2. The first kappa shape index (κ1) is 18.2. The summed E-state index contributed by atoms with van der Waals surface area (Å²) in [6.07, 6.45) is 3.10. The van der Waals surface area contributed by atoms with E-state index in [4.69, 9.17) is 0 Å². The Morgan fingerprint density at radius 2 is 1.54 bits per heavy atom. The molecular weight excluding hydrogens is 324 g/mol. The van der Waals surface area contributed by atoms with Gasteiger partial charge in [-0.05, 0) is 36.8 Å². The van der Waals surface area contributed by atoms with Gasteiger partial charge < -0.3 is 10.2 Å². The number of nitrogens with zero attached hydrogens (tertiary/aromatic N) is 1. The number of nitrogens with one attached hydrogen (secondary N) is 1. The molecule has 1 saturated carbocycles. The highest BCUT2D eigenvalue weighted by atomic mass is 16.2. The number of rotatable bonds is 8. The van der Waals surface area contributed by atoms with Gasteiger partial charge in [-0.1, -0.05) is 60.7 Å². The average molecular weight is 350 g/mol. The maximum absolute atomic E-state index is 12.8. The highest BCUT2D eigenvalue weighted by Gasteiger charge is 2.57. The van der Waals surface area contributed by atoms with E-state index in [2.05, 4.69) is 17.4 Å². The van der Waals surface area contributed by atoms with Crippen molar-refractivity contribution in [1.82, 2.24) is 10.2 Å². The number of hydrogen-bond donors (Lipinski definition) is 1. The summed E-state index contributed by atoms with van der Waals surface area (Å²) < 4.78 is 0. The first-order valence-electron chi connectivity index (χ1n) is 9.23. The number of aryl methyl sites for hydroxylation is 1. The molecule has 0 radical (unpaired) electrons. The first-order chi connectivity index (χ1) is 12.6. The fraction of sp³-hybridized carbons (Fsp3) is 0.364. The van der Waals surface area contributed by atoms with E-state index in [1.54, 1.807) is 11.9 Å². The molecule has 3 rings (SSSR count). The van der Waals surface area contributed by atoms with Gasteiger partial charge in [-0.3, -0.25) is 9.59 Å². The Morgan fingerprint density at radius 3 is 2.12 bits per heavy atom. The van der Waals surface area contributed by atoms with Gasteiger partial charge in [0, 0.05) is 20.1 Å². The third kappa shape index (κ3) is 4.31. The van der Waals surface area contributed by atoms with E-state index < -0.39 is 5.41 Å². The largest absolute Gasteiger partial charge is 0.355 e. The lowest BCUT2D eigenvalue weighted by atomic mass is 10.0. The molecule has 1 aliphatic carbocycles. The van der Waals surface area contributed by atoms with Gasteiger partial charge in [0.15, 0.2) is 0 Å². The zero-order valence-corrected chi connectivity index (χ0v) is 15.3. The molecular formula is C22H26N2O2. The average Bonchev–Trinajstić information content (AvgIpc) is 3.48. The standard InChI is InChI=1S/C22H26N2O2/c1-24(17-19-11-6-3-7-12-19)21(26)22(14-15-22)20(25)23-16-8-13-18-9-4-2-5-10-18/h2-7,9-12H,8,13-17H2,1H3,(H,23,25). The van der Waals surface area contributed by atoms with Gasteiger partial charge in [0.2, 0.25) is 11.8 Å². The van der Waals surface area contributed by atoms with E-state index in [-0.39, 0.29) is 11.8 Å². The molecule has 1 fully saturated rings. The molecule has 0 unspecified atom stereocenters. The van der Waals surface area contributed by atoms with E-state index in [9.17, 15) is 9.59 Å². The smallest absolute Gasteiger partial charge is 0.238 e. The van der Waals surface area contributed by atoms with Crippen LogP contribution in [0.15, 0.2) is 60.7 Å². The number of amides is 2. The third-order valence-electron chi connectivity index (χ3n) is 4.97. The maximum Gasteiger partial charge on any atom is 0.238 e. The molecule has 1 aliphatic rings. The van der Waals surface area contributed by atoms with Gasteiger partial charge in [0.1, 0.15) is 5.41 Å². The monoisotopic (exact) mass is 350 g/mol. The quantitative estimate of drug-likeness (QED) is 0.587.